The number of rotatable bonds is 6. The summed E-state index contributed by atoms with van der Waals surface area (Å²) < 4.78 is 16.6. The summed E-state index contributed by atoms with van der Waals surface area (Å²) in [5, 5.41) is 6.49. The Morgan fingerprint density at radius 2 is 1.77 bits per heavy atom. The number of hydrogen-bond acceptors (Lipinski definition) is 5. The molecule has 2 aromatic carbocycles. The summed E-state index contributed by atoms with van der Waals surface area (Å²) in [6.07, 6.45) is 3.21. The SMILES string of the molecule is COc1ccc(NC(C)=O)cc1NC(=O)/C=C(\C)c1cc2c(C)coc2c(C)c1OC. The number of carbonyl (C=O) groups excluding carboxylic acids is 2. The fourth-order valence-corrected chi connectivity index (χ4v) is 3.52. The molecule has 0 saturated carbocycles. The van der Waals surface area contributed by atoms with Crippen LogP contribution in [0.4, 0.5) is 11.4 Å². The van der Waals surface area contributed by atoms with Crippen molar-refractivity contribution in [3.05, 3.63) is 53.3 Å². The van der Waals surface area contributed by atoms with Crippen LogP contribution in [0.2, 0.25) is 0 Å². The van der Waals surface area contributed by atoms with E-state index in [1.54, 1.807) is 31.6 Å². The third-order valence-corrected chi connectivity index (χ3v) is 4.99. The van der Waals surface area contributed by atoms with E-state index in [-0.39, 0.29) is 11.8 Å². The zero-order valence-electron chi connectivity index (χ0n) is 18.5. The Hall–Kier alpha value is -3.74. The molecule has 7 heteroatoms. The van der Waals surface area contributed by atoms with Crippen molar-refractivity contribution in [1.82, 2.24) is 0 Å². The van der Waals surface area contributed by atoms with Crippen molar-refractivity contribution < 1.29 is 23.5 Å². The maximum absolute atomic E-state index is 12.8. The standard InChI is InChI=1S/C24H26N2O5/c1-13(18-11-19-14(2)12-31-24(19)15(3)23(18)30-6)9-22(28)26-20-10-17(25-16(4)27)7-8-21(20)29-5/h7-12H,1-6H3,(H,25,27)(H,26,28)/b13-9+. The van der Waals surface area contributed by atoms with Crippen LogP contribution in [0, 0.1) is 13.8 Å². The number of allylic oxidation sites excluding steroid dienone is 1. The van der Waals surface area contributed by atoms with E-state index in [1.165, 1.54) is 20.1 Å². The second kappa shape index (κ2) is 8.95. The highest BCUT2D eigenvalue weighted by atomic mass is 16.5. The van der Waals surface area contributed by atoms with E-state index in [0.29, 0.717) is 22.9 Å². The lowest BCUT2D eigenvalue weighted by Gasteiger charge is -2.14. The van der Waals surface area contributed by atoms with Crippen molar-refractivity contribution in [3.63, 3.8) is 0 Å². The van der Waals surface area contributed by atoms with E-state index >= 15 is 0 Å². The van der Waals surface area contributed by atoms with Gasteiger partial charge in [-0.05, 0) is 56.2 Å². The van der Waals surface area contributed by atoms with Gasteiger partial charge in [0.1, 0.15) is 17.1 Å². The summed E-state index contributed by atoms with van der Waals surface area (Å²) in [4.78, 5) is 24.1. The Morgan fingerprint density at radius 3 is 2.42 bits per heavy atom. The van der Waals surface area contributed by atoms with Gasteiger partial charge in [0.25, 0.3) is 0 Å². The van der Waals surface area contributed by atoms with E-state index in [9.17, 15) is 9.59 Å². The second-order valence-electron chi connectivity index (χ2n) is 7.29. The van der Waals surface area contributed by atoms with Crippen molar-refractivity contribution in [1.29, 1.82) is 0 Å². The van der Waals surface area contributed by atoms with Gasteiger partial charge < -0.3 is 24.5 Å². The summed E-state index contributed by atoms with van der Waals surface area (Å²) in [6, 6.07) is 7.00. The smallest absolute Gasteiger partial charge is 0.248 e. The van der Waals surface area contributed by atoms with Crippen molar-refractivity contribution >= 4 is 39.7 Å². The number of fused-ring (bicyclic) bond motifs is 1. The summed E-state index contributed by atoms with van der Waals surface area (Å²) in [7, 11) is 3.11. The quantitative estimate of drug-likeness (QED) is 0.542. The first-order valence-electron chi connectivity index (χ1n) is 9.75. The minimum atomic E-state index is -0.334. The second-order valence-corrected chi connectivity index (χ2v) is 7.29. The number of ether oxygens (including phenoxy) is 2. The Kier molecular flexibility index (Phi) is 6.34. The molecule has 0 aliphatic heterocycles. The molecule has 0 radical (unpaired) electrons. The number of methoxy groups -OCH3 is 2. The molecule has 3 aromatic rings. The monoisotopic (exact) mass is 422 g/mol. The Balaban J connectivity index is 1.95. The van der Waals surface area contributed by atoms with Crippen LogP contribution in [0.1, 0.15) is 30.5 Å². The van der Waals surface area contributed by atoms with Gasteiger partial charge in [0.2, 0.25) is 11.8 Å². The van der Waals surface area contributed by atoms with Gasteiger partial charge in [0.05, 0.1) is 26.2 Å². The van der Waals surface area contributed by atoms with E-state index in [0.717, 1.165) is 33.2 Å². The number of carbonyl (C=O) groups is 2. The predicted molar refractivity (Wildman–Crippen MR) is 122 cm³/mol. The lowest BCUT2D eigenvalue weighted by atomic mass is 9.98. The maximum Gasteiger partial charge on any atom is 0.248 e. The Bertz CT molecular complexity index is 1190. The van der Waals surface area contributed by atoms with Crippen molar-refractivity contribution in [2.75, 3.05) is 24.9 Å². The van der Waals surface area contributed by atoms with Gasteiger partial charge in [-0.2, -0.15) is 0 Å². The minimum absolute atomic E-state index is 0.203. The molecule has 0 unspecified atom stereocenters. The van der Waals surface area contributed by atoms with Gasteiger partial charge >= 0.3 is 0 Å². The highest BCUT2D eigenvalue weighted by Crippen LogP contribution is 2.37. The summed E-state index contributed by atoms with van der Waals surface area (Å²) in [5.74, 6) is 0.607. The normalized spacial score (nSPS) is 11.4. The first-order valence-corrected chi connectivity index (χ1v) is 9.75. The molecule has 1 aromatic heterocycles. The molecule has 0 saturated heterocycles. The molecule has 31 heavy (non-hydrogen) atoms. The van der Waals surface area contributed by atoms with Gasteiger partial charge in [0.15, 0.2) is 0 Å². The first-order chi connectivity index (χ1) is 14.7. The third-order valence-electron chi connectivity index (χ3n) is 4.99. The van der Waals surface area contributed by atoms with Gasteiger partial charge in [0, 0.05) is 35.2 Å². The average Bonchev–Trinajstić information content (AvgIpc) is 3.08. The zero-order chi connectivity index (χ0) is 22.7. The fraction of sp³-hybridized carbons (Fsp3) is 0.250. The molecule has 2 N–H and O–H groups in total. The molecular weight excluding hydrogens is 396 g/mol. The molecule has 7 nitrogen and oxygen atoms in total. The molecular formula is C24H26N2O5. The number of hydrogen-bond donors (Lipinski definition) is 2. The molecule has 0 aliphatic carbocycles. The number of aryl methyl sites for hydroxylation is 2. The van der Waals surface area contributed by atoms with E-state index in [1.807, 2.05) is 26.8 Å². The maximum atomic E-state index is 12.8. The zero-order valence-corrected chi connectivity index (χ0v) is 18.5. The van der Waals surface area contributed by atoms with Crippen molar-refractivity contribution in [2.24, 2.45) is 0 Å². The molecule has 0 bridgehead atoms. The molecule has 0 aliphatic rings. The van der Waals surface area contributed by atoms with Crippen LogP contribution in [0.5, 0.6) is 11.5 Å². The van der Waals surface area contributed by atoms with E-state index in [2.05, 4.69) is 10.6 Å². The van der Waals surface area contributed by atoms with Crippen LogP contribution in [-0.2, 0) is 9.59 Å². The topological polar surface area (TPSA) is 89.8 Å². The van der Waals surface area contributed by atoms with Crippen LogP contribution in [0.25, 0.3) is 16.5 Å². The number of furan rings is 1. The summed E-state index contributed by atoms with van der Waals surface area (Å²) >= 11 is 0. The highest BCUT2D eigenvalue weighted by Gasteiger charge is 2.17. The van der Waals surface area contributed by atoms with E-state index in [4.69, 9.17) is 13.9 Å². The number of amides is 2. The van der Waals surface area contributed by atoms with Crippen LogP contribution in [0.15, 0.2) is 41.0 Å². The molecule has 0 spiro atoms. The third kappa shape index (κ3) is 4.55. The molecule has 0 fully saturated rings. The Morgan fingerprint density at radius 1 is 1.03 bits per heavy atom. The summed E-state index contributed by atoms with van der Waals surface area (Å²) in [5.41, 5.74) is 5.21. The Labute approximate surface area is 181 Å². The van der Waals surface area contributed by atoms with Gasteiger partial charge in [-0.15, -0.1) is 0 Å². The van der Waals surface area contributed by atoms with Gasteiger partial charge in [-0.3, -0.25) is 9.59 Å². The number of anilines is 2. The van der Waals surface area contributed by atoms with E-state index < -0.39 is 0 Å². The highest BCUT2D eigenvalue weighted by molar-refractivity contribution is 6.06. The average molecular weight is 422 g/mol. The van der Waals surface area contributed by atoms with Crippen LogP contribution < -0.4 is 20.1 Å². The molecule has 1 heterocycles. The minimum Gasteiger partial charge on any atom is -0.496 e. The van der Waals surface area contributed by atoms with Gasteiger partial charge in [-0.25, -0.2) is 0 Å². The lowest BCUT2D eigenvalue weighted by molar-refractivity contribution is -0.114. The first kappa shape index (κ1) is 22.0. The lowest BCUT2D eigenvalue weighted by Crippen LogP contribution is -2.11. The number of nitrogens with one attached hydrogen (secondary N) is 2. The summed E-state index contributed by atoms with van der Waals surface area (Å²) in [6.45, 7) is 7.17. The van der Waals surface area contributed by atoms with Crippen LogP contribution in [0.3, 0.4) is 0 Å². The van der Waals surface area contributed by atoms with Crippen LogP contribution >= 0.6 is 0 Å². The van der Waals surface area contributed by atoms with Crippen molar-refractivity contribution in [2.45, 2.75) is 27.7 Å². The largest absolute Gasteiger partial charge is 0.496 e. The molecule has 2 amide bonds. The number of benzene rings is 2. The van der Waals surface area contributed by atoms with Gasteiger partial charge in [-0.1, -0.05) is 0 Å². The van der Waals surface area contributed by atoms with Crippen molar-refractivity contribution in [3.8, 4) is 11.5 Å². The predicted octanol–water partition coefficient (Wildman–Crippen LogP) is 5.07. The molecule has 3 rings (SSSR count). The molecule has 162 valence electrons. The van der Waals surface area contributed by atoms with Crippen LogP contribution in [-0.4, -0.2) is 26.0 Å². The fourth-order valence-electron chi connectivity index (χ4n) is 3.52. The molecule has 0 atom stereocenters.